The van der Waals surface area contributed by atoms with Gasteiger partial charge in [-0.15, -0.1) is 0 Å². The minimum Gasteiger partial charge on any atom is -0.496 e. The molecule has 78 valence electrons. The molecule has 1 aromatic carbocycles. The lowest BCUT2D eigenvalue weighted by Gasteiger charge is -2.07. The van der Waals surface area contributed by atoms with Gasteiger partial charge in [-0.1, -0.05) is 42.5 Å². The third kappa shape index (κ3) is 3.28. The second-order valence-corrected chi connectivity index (χ2v) is 3.78. The third-order valence-electron chi connectivity index (χ3n) is 2.50. The molecule has 0 saturated heterocycles. The monoisotopic (exact) mass is 200 g/mol. The van der Waals surface area contributed by atoms with Crippen molar-refractivity contribution in [1.29, 1.82) is 0 Å². The fraction of sp³-hybridized carbons (Fsp3) is 0.286. The fourth-order valence-electron chi connectivity index (χ4n) is 1.66. The van der Waals surface area contributed by atoms with Crippen LogP contribution in [0, 0.1) is 0 Å². The molecule has 0 atom stereocenters. The Balaban J connectivity index is 1.84. The molecule has 1 aromatic rings. The average molecular weight is 200 g/mol. The molecule has 0 heterocycles. The molecule has 0 spiro atoms. The second-order valence-electron chi connectivity index (χ2n) is 3.78. The van der Waals surface area contributed by atoms with E-state index in [4.69, 9.17) is 4.74 Å². The molecule has 2 rings (SSSR count). The van der Waals surface area contributed by atoms with Crippen LogP contribution >= 0.6 is 0 Å². The van der Waals surface area contributed by atoms with Crippen molar-refractivity contribution in [2.75, 3.05) is 0 Å². The Hall–Kier alpha value is -1.50. The summed E-state index contributed by atoms with van der Waals surface area (Å²) >= 11 is 0. The summed E-state index contributed by atoms with van der Waals surface area (Å²) in [6.45, 7) is 0.665. The predicted octanol–water partition coefficient (Wildman–Crippen LogP) is 3.83. The Kier molecular flexibility index (Phi) is 3.61. The minimum atomic E-state index is 0.665. The molecule has 0 saturated carbocycles. The van der Waals surface area contributed by atoms with E-state index in [1.165, 1.54) is 24.0 Å². The van der Waals surface area contributed by atoms with Crippen LogP contribution in [0.15, 0.2) is 54.3 Å². The third-order valence-corrected chi connectivity index (χ3v) is 2.50. The highest BCUT2D eigenvalue weighted by atomic mass is 16.5. The first kappa shape index (κ1) is 10.0. The van der Waals surface area contributed by atoms with E-state index < -0.39 is 0 Å². The van der Waals surface area contributed by atoms with E-state index in [1.54, 1.807) is 0 Å². The highest BCUT2D eigenvalue weighted by Gasteiger charge is 1.98. The van der Waals surface area contributed by atoms with Crippen LogP contribution in [-0.2, 0) is 11.3 Å². The maximum absolute atomic E-state index is 5.55. The normalized spacial score (nSPS) is 18.0. The topological polar surface area (TPSA) is 9.23 Å². The zero-order valence-electron chi connectivity index (χ0n) is 8.86. The van der Waals surface area contributed by atoms with Gasteiger partial charge in [-0.2, -0.15) is 0 Å². The number of hydrogen-bond acceptors (Lipinski definition) is 1. The number of rotatable bonds is 3. The van der Waals surface area contributed by atoms with Gasteiger partial charge in [-0.25, -0.2) is 0 Å². The maximum atomic E-state index is 5.55. The lowest BCUT2D eigenvalue weighted by atomic mass is 10.0. The highest BCUT2D eigenvalue weighted by molar-refractivity contribution is 5.19. The Morgan fingerprint density at radius 3 is 2.80 bits per heavy atom. The van der Waals surface area contributed by atoms with Crippen molar-refractivity contribution in [3.8, 4) is 0 Å². The Labute approximate surface area is 91.1 Å². The van der Waals surface area contributed by atoms with E-state index in [2.05, 4.69) is 24.3 Å². The standard InChI is InChI=1S/C14H16O/c1-3-7-13(8-4-1)11-15-12-14-9-5-2-6-10-14/h1,3-5,7-9,12H,2,6,10-11H2/b14-12-. The van der Waals surface area contributed by atoms with Crippen LogP contribution in [0.25, 0.3) is 0 Å². The van der Waals surface area contributed by atoms with E-state index in [9.17, 15) is 0 Å². The lowest BCUT2D eigenvalue weighted by Crippen LogP contribution is -1.90. The highest BCUT2D eigenvalue weighted by Crippen LogP contribution is 2.16. The quantitative estimate of drug-likeness (QED) is 0.674. The molecule has 0 aromatic heterocycles. The van der Waals surface area contributed by atoms with E-state index in [1.807, 2.05) is 24.5 Å². The molecule has 0 aliphatic heterocycles. The Morgan fingerprint density at radius 1 is 1.20 bits per heavy atom. The molecule has 0 N–H and O–H groups in total. The summed E-state index contributed by atoms with van der Waals surface area (Å²) in [6.07, 6.45) is 9.86. The van der Waals surface area contributed by atoms with Gasteiger partial charge in [0, 0.05) is 0 Å². The van der Waals surface area contributed by atoms with Gasteiger partial charge in [0.05, 0.1) is 6.26 Å². The largest absolute Gasteiger partial charge is 0.496 e. The molecular weight excluding hydrogens is 184 g/mol. The van der Waals surface area contributed by atoms with Crippen molar-refractivity contribution in [3.05, 3.63) is 59.9 Å². The molecule has 1 nitrogen and oxygen atoms in total. The SMILES string of the molecule is C1=C/C(=C/OCc2ccccc2)CCC1. The minimum absolute atomic E-state index is 0.665. The van der Waals surface area contributed by atoms with Crippen LogP contribution < -0.4 is 0 Å². The lowest BCUT2D eigenvalue weighted by molar-refractivity contribution is 0.233. The molecule has 15 heavy (non-hydrogen) atoms. The van der Waals surface area contributed by atoms with Gasteiger partial charge in [0.15, 0.2) is 0 Å². The average Bonchev–Trinajstić information content (AvgIpc) is 2.32. The van der Waals surface area contributed by atoms with Crippen molar-refractivity contribution in [2.45, 2.75) is 25.9 Å². The number of hydrogen-bond donors (Lipinski definition) is 0. The molecule has 0 unspecified atom stereocenters. The predicted molar refractivity (Wildman–Crippen MR) is 62.3 cm³/mol. The summed E-state index contributed by atoms with van der Waals surface area (Å²) in [4.78, 5) is 0. The van der Waals surface area contributed by atoms with Gasteiger partial charge in [-0.05, 0) is 30.4 Å². The first-order valence-electron chi connectivity index (χ1n) is 5.46. The van der Waals surface area contributed by atoms with Gasteiger partial charge in [0.25, 0.3) is 0 Å². The summed E-state index contributed by atoms with van der Waals surface area (Å²) in [5.41, 5.74) is 2.52. The molecule has 1 heteroatoms. The molecule has 1 aliphatic rings. The van der Waals surface area contributed by atoms with Gasteiger partial charge in [-0.3, -0.25) is 0 Å². The Morgan fingerprint density at radius 2 is 2.07 bits per heavy atom. The summed E-state index contributed by atoms with van der Waals surface area (Å²) in [7, 11) is 0. The van der Waals surface area contributed by atoms with Crippen LogP contribution in [-0.4, -0.2) is 0 Å². The molecule has 0 amide bonds. The van der Waals surface area contributed by atoms with Gasteiger partial charge < -0.3 is 4.74 Å². The van der Waals surface area contributed by atoms with Crippen LogP contribution in [0.5, 0.6) is 0 Å². The summed E-state index contributed by atoms with van der Waals surface area (Å²) < 4.78 is 5.55. The van der Waals surface area contributed by atoms with E-state index in [-0.39, 0.29) is 0 Å². The first-order valence-corrected chi connectivity index (χ1v) is 5.46. The zero-order valence-corrected chi connectivity index (χ0v) is 8.86. The smallest absolute Gasteiger partial charge is 0.112 e. The van der Waals surface area contributed by atoms with Crippen molar-refractivity contribution < 1.29 is 4.74 Å². The number of ether oxygens (including phenoxy) is 1. The van der Waals surface area contributed by atoms with Crippen LogP contribution in [0.4, 0.5) is 0 Å². The summed E-state index contributed by atoms with van der Waals surface area (Å²) in [6, 6.07) is 10.2. The van der Waals surface area contributed by atoms with E-state index in [0.29, 0.717) is 6.61 Å². The van der Waals surface area contributed by atoms with Crippen LogP contribution in [0.1, 0.15) is 24.8 Å². The van der Waals surface area contributed by atoms with Crippen LogP contribution in [0.2, 0.25) is 0 Å². The number of allylic oxidation sites excluding steroid dienone is 3. The second kappa shape index (κ2) is 5.40. The maximum Gasteiger partial charge on any atom is 0.112 e. The fourth-order valence-corrected chi connectivity index (χ4v) is 1.66. The van der Waals surface area contributed by atoms with Gasteiger partial charge in [0.1, 0.15) is 6.61 Å². The molecule has 0 radical (unpaired) electrons. The molecular formula is C14H16O. The van der Waals surface area contributed by atoms with E-state index >= 15 is 0 Å². The van der Waals surface area contributed by atoms with Crippen molar-refractivity contribution in [2.24, 2.45) is 0 Å². The van der Waals surface area contributed by atoms with Crippen molar-refractivity contribution in [1.82, 2.24) is 0 Å². The number of benzene rings is 1. The zero-order chi connectivity index (χ0) is 10.3. The van der Waals surface area contributed by atoms with Crippen molar-refractivity contribution in [3.63, 3.8) is 0 Å². The summed E-state index contributed by atoms with van der Waals surface area (Å²) in [5.74, 6) is 0. The van der Waals surface area contributed by atoms with Crippen molar-refractivity contribution >= 4 is 0 Å². The molecule has 0 bridgehead atoms. The molecule has 0 fully saturated rings. The van der Waals surface area contributed by atoms with E-state index in [0.717, 1.165) is 6.42 Å². The summed E-state index contributed by atoms with van der Waals surface area (Å²) in [5, 5.41) is 0. The Bertz CT molecular complexity index is 349. The first-order chi connectivity index (χ1) is 7.45. The van der Waals surface area contributed by atoms with Gasteiger partial charge >= 0.3 is 0 Å². The van der Waals surface area contributed by atoms with Crippen LogP contribution in [0.3, 0.4) is 0 Å². The van der Waals surface area contributed by atoms with Gasteiger partial charge in [0.2, 0.25) is 0 Å². The molecule has 1 aliphatic carbocycles.